The molecule has 0 saturated carbocycles. The Morgan fingerprint density at radius 1 is 1.06 bits per heavy atom. The van der Waals surface area contributed by atoms with Gasteiger partial charge in [0.05, 0.1) is 24.1 Å². The number of hydrogen-bond acceptors (Lipinski definition) is 7. The SMILES string of the molecule is CC.CC.CC(=O)c1cccc(Nc2c(NCc3cc(C(C)C)co3)c(=O)c2=O)c1O. The summed E-state index contributed by atoms with van der Waals surface area (Å²) in [6.45, 7) is 13.7. The van der Waals surface area contributed by atoms with Crippen LogP contribution in [0.3, 0.4) is 0 Å². The molecule has 168 valence electrons. The molecule has 2 aromatic carbocycles. The lowest BCUT2D eigenvalue weighted by atomic mass is 10.1. The summed E-state index contributed by atoms with van der Waals surface area (Å²) in [4.78, 5) is 35.4. The van der Waals surface area contributed by atoms with E-state index in [0.717, 1.165) is 5.56 Å². The first kappa shape index (κ1) is 25.7. The van der Waals surface area contributed by atoms with Gasteiger partial charge in [0.25, 0.3) is 10.9 Å². The number of carbonyl (C=O) groups is 1. The fraction of sp³-hybridized carbons (Fsp3) is 0.375. The number of hydrogen-bond donors (Lipinski definition) is 3. The van der Waals surface area contributed by atoms with Crippen LogP contribution in [0.4, 0.5) is 17.1 Å². The highest BCUT2D eigenvalue weighted by atomic mass is 16.3. The van der Waals surface area contributed by atoms with Gasteiger partial charge in [-0.1, -0.05) is 47.6 Å². The van der Waals surface area contributed by atoms with E-state index in [2.05, 4.69) is 10.6 Å². The molecule has 0 aliphatic heterocycles. The normalized spacial score (nSPS) is 10.1. The van der Waals surface area contributed by atoms with Gasteiger partial charge in [0.15, 0.2) is 5.78 Å². The first-order valence-corrected chi connectivity index (χ1v) is 10.5. The van der Waals surface area contributed by atoms with Gasteiger partial charge in [0.1, 0.15) is 22.9 Å². The van der Waals surface area contributed by atoms with E-state index >= 15 is 0 Å². The van der Waals surface area contributed by atoms with Gasteiger partial charge < -0.3 is 20.2 Å². The Kier molecular flexibility index (Phi) is 9.73. The van der Waals surface area contributed by atoms with Crippen molar-refractivity contribution in [2.75, 3.05) is 10.6 Å². The summed E-state index contributed by atoms with van der Waals surface area (Å²) >= 11 is 0. The molecular formula is C24H32N2O5. The molecule has 3 rings (SSSR count). The zero-order valence-corrected chi connectivity index (χ0v) is 19.3. The summed E-state index contributed by atoms with van der Waals surface area (Å²) in [5, 5.41) is 15.8. The molecule has 3 N–H and O–H groups in total. The molecule has 7 heteroatoms. The number of Topliss-reactive ketones (excluding diaryl/α,β-unsaturated/α-hetero) is 1. The van der Waals surface area contributed by atoms with Crippen LogP contribution in [0.15, 0.2) is 44.5 Å². The number of phenolic OH excluding ortho intramolecular Hbond substituents is 1. The highest BCUT2D eigenvalue weighted by molar-refractivity contribution is 5.99. The van der Waals surface area contributed by atoms with Crippen molar-refractivity contribution in [1.29, 1.82) is 0 Å². The second kappa shape index (κ2) is 11.7. The fourth-order valence-electron chi connectivity index (χ4n) is 2.71. The smallest absolute Gasteiger partial charge is 0.253 e. The van der Waals surface area contributed by atoms with Crippen molar-refractivity contribution >= 4 is 22.8 Å². The van der Waals surface area contributed by atoms with Crippen LogP contribution in [0.25, 0.3) is 0 Å². The average Bonchev–Trinajstić information content (AvgIpc) is 3.26. The van der Waals surface area contributed by atoms with Crippen molar-refractivity contribution < 1.29 is 14.3 Å². The topological polar surface area (TPSA) is 109 Å². The minimum Gasteiger partial charge on any atom is -0.505 e. The Morgan fingerprint density at radius 2 is 1.68 bits per heavy atom. The van der Waals surface area contributed by atoms with Crippen LogP contribution in [0, 0.1) is 0 Å². The summed E-state index contributed by atoms with van der Waals surface area (Å²) < 4.78 is 5.44. The lowest BCUT2D eigenvalue weighted by Gasteiger charge is -2.15. The molecule has 1 heterocycles. The Balaban J connectivity index is 0.00000113. The standard InChI is InChI=1S/C20H20N2O5.2C2H6/c1-10(2)12-7-13(27-9-12)8-21-16-17(20(26)19(16)25)22-15-6-4-5-14(11(3)23)18(15)24;2*1-2/h4-7,9-10,21-22,24H,8H2,1-3H3;2*1-2H3. The number of nitrogens with one attached hydrogen (secondary N) is 2. The molecule has 7 nitrogen and oxygen atoms in total. The first-order valence-electron chi connectivity index (χ1n) is 10.5. The van der Waals surface area contributed by atoms with Crippen LogP contribution in [0.2, 0.25) is 0 Å². The third kappa shape index (κ3) is 5.84. The summed E-state index contributed by atoms with van der Waals surface area (Å²) in [5.74, 6) is 0.386. The number of rotatable bonds is 7. The van der Waals surface area contributed by atoms with Gasteiger partial charge in [-0.2, -0.15) is 0 Å². The van der Waals surface area contributed by atoms with Crippen molar-refractivity contribution in [3.05, 3.63) is 67.9 Å². The van der Waals surface area contributed by atoms with Crippen LogP contribution >= 0.6 is 0 Å². The van der Waals surface area contributed by atoms with E-state index in [4.69, 9.17) is 4.42 Å². The molecule has 0 atom stereocenters. The lowest BCUT2D eigenvalue weighted by Crippen LogP contribution is -2.36. The molecule has 0 fully saturated rings. The van der Waals surface area contributed by atoms with E-state index < -0.39 is 10.9 Å². The van der Waals surface area contributed by atoms with E-state index in [-0.39, 0.29) is 40.7 Å². The maximum Gasteiger partial charge on any atom is 0.253 e. The Bertz CT molecular complexity index is 1070. The van der Waals surface area contributed by atoms with Crippen LogP contribution in [0.1, 0.15) is 76.1 Å². The van der Waals surface area contributed by atoms with Crippen molar-refractivity contribution in [3.63, 3.8) is 0 Å². The third-order valence-electron chi connectivity index (χ3n) is 4.37. The maximum atomic E-state index is 11.9. The molecule has 31 heavy (non-hydrogen) atoms. The third-order valence-corrected chi connectivity index (χ3v) is 4.37. The molecule has 1 aromatic heterocycles. The number of benzene rings is 1. The molecule has 0 spiro atoms. The Labute approximate surface area is 182 Å². The van der Waals surface area contributed by atoms with Gasteiger partial charge in [-0.25, -0.2) is 0 Å². The van der Waals surface area contributed by atoms with E-state index in [9.17, 15) is 19.5 Å². The number of ketones is 1. The van der Waals surface area contributed by atoms with Crippen LogP contribution in [-0.4, -0.2) is 10.9 Å². The summed E-state index contributed by atoms with van der Waals surface area (Å²) in [6, 6.07) is 6.46. The van der Waals surface area contributed by atoms with E-state index in [1.165, 1.54) is 19.1 Å². The summed E-state index contributed by atoms with van der Waals surface area (Å²) in [6.07, 6.45) is 1.66. The van der Waals surface area contributed by atoms with Gasteiger partial charge in [0.2, 0.25) is 0 Å². The second-order valence-corrected chi connectivity index (χ2v) is 6.65. The molecule has 0 aliphatic rings. The van der Waals surface area contributed by atoms with Crippen LogP contribution in [-0.2, 0) is 6.54 Å². The van der Waals surface area contributed by atoms with Gasteiger partial charge >= 0.3 is 0 Å². The monoisotopic (exact) mass is 428 g/mol. The summed E-state index contributed by atoms with van der Waals surface area (Å²) in [5.41, 5.74) is 0.189. The van der Waals surface area contributed by atoms with Crippen molar-refractivity contribution in [2.24, 2.45) is 0 Å². The zero-order chi connectivity index (χ0) is 23.7. The van der Waals surface area contributed by atoms with Crippen LogP contribution < -0.4 is 21.5 Å². The molecule has 0 bridgehead atoms. The average molecular weight is 429 g/mol. The predicted molar refractivity (Wildman–Crippen MR) is 126 cm³/mol. The van der Waals surface area contributed by atoms with Crippen molar-refractivity contribution in [3.8, 4) is 5.75 Å². The first-order chi connectivity index (χ1) is 14.8. The number of aromatic hydroxyl groups is 1. The van der Waals surface area contributed by atoms with E-state index in [0.29, 0.717) is 11.7 Å². The predicted octanol–water partition coefficient (Wildman–Crippen LogP) is 5.32. The maximum absolute atomic E-state index is 11.9. The van der Waals surface area contributed by atoms with Crippen molar-refractivity contribution in [2.45, 2.75) is 60.9 Å². The van der Waals surface area contributed by atoms with Crippen molar-refractivity contribution in [1.82, 2.24) is 0 Å². The molecule has 0 amide bonds. The quantitative estimate of drug-likeness (QED) is 0.266. The number of carbonyl (C=O) groups excluding carboxylic acids is 1. The Hall–Kier alpha value is -3.35. The van der Waals surface area contributed by atoms with Gasteiger partial charge in [0, 0.05) is 0 Å². The van der Waals surface area contributed by atoms with Gasteiger partial charge in [-0.05, 0) is 36.6 Å². The summed E-state index contributed by atoms with van der Waals surface area (Å²) in [7, 11) is 0. The molecule has 3 aromatic rings. The molecule has 0 unspecified atom stereocenters. The molecule has 0 aliphatic carbocycles. The fourth-order valence-corrected chi connectivity index (χ4v) is 2.71. The minimum atomic E-state index is -0.688. The molecule has 0 saturated heterocycles. The van der Waals surface area contributed by atoms with Gasteiger partial charge in [-0.3, -0.25) is 14.4 Å². The highest BCUT2D eigenvalue weighted by Crippen LogP contribution is 2.31. The van der Waals surface area contributed by atoms with E-state index in [1.807, 2.05) is 47.6 Å². The van der Waals surface area contributed by atoms with Gasteiger partial charge in [-0.15, -0.1) is 0 Å². The Morgan fingerprint density at radius 3 is 2.23 bits per heavy atom. The minimum absolute atomic E-state index is 0.0478. The lowest BCUT2D eigenvalue weighted by molar-refractivity contribution is 0.101. The zero-order valence-electron chi connectivity index (χ0n) is 19.3. The number of furan rings is 1. The number of phenols is 1. The molecule has 0 radical (unpaired) electrons. The number of para-hydroxylation sites is 1. The number of anilines is 3. The molecular weight excluding hydrogens is 396 g/mol. The highest BCUT2D eigenvalue weighted by Gasteiger charge is 2.23. The van der Waals surface area contributed by atoms with Crippen LogP contribution in [0.5, 0.6) is 5.75 Å². The van der Waals surface area contributed by atoms with E-state index in [1.54, 1.807) is 12.3 Å². The largest absolute Gasteiger partial charge is 0.505 e. The second-order valence-electron chi connectivity index (χ2n) is 6.65.